The Bertz CT molecular complexity index is 908. The number of hydrogen-bond acceptors (Lipinski definition) is 6. The Hall–Kier alpha value is -2.75. The monoisotopic (exact) mass is 406 g/mol. The van der Waals surface area contributed by atoms with E-state index in [1.807, 2.05) is 0 Å². The largest absolute Gasteiger partial charge is 0.452 e. The minimum absolute atomic E-state index is 0.0300. The van der Waals surface area contributed by atoms with E-state index >= 15 is 0 Å². The van der Waals surface area contributed by atoms with Crippen molar-refractivity contribution in [2.24, 2.45) is 5.14 Å². The van der Waals surface area contributed by atoms with Crippen LogP contribution in [0.5, 0.6) is 0 Å². The summed E-state index contributed by atoms with van der Waals surface area (Å²) >= 11 is 0. The van der Waals surface area contributed by atoms with Crippen LogP contribution in [0.1, 0.15) is 21.5 Å². The number of primary sulfonamides is 1. The number of amides is 1. The molecule has 0 heterocycles. The molecule has 1 amide bonds. The number of nitrogens with one attached hydrogen (secondary N) is 1. The maximum atomic E-state index is 11.9. The van der Waals surface area contributed by atoms with E-state index in [0.29, 0.717) is 25.1 Å². The molecule has 2 rings (SSSR count). The van der Waals surface area contributed by atoms with Crippen molar-refractivity contribution in [2.75, 3.05) is 20.3 Å². The van der Waals surface area contributed by atoms with Crippen molar-refractivity contribution in [1.29, 1.82) is 0 Å². The van der Waals surface area contributed by atoms with Crippen LogP contribution in [0.4, 0.5) is 0 Å². The Morgan fingerprint density at radius 3 is 2.18 bits per heavy atom. The van der Waals surface area contributed by atoms with Crippen molar-refractivity contribution < 1.29 is 27.5 Å². The molecular formula is C19H22N2O6S. The standard InChI is InChI=1S/C19H22N2O6S/c1-26-12-15-2-6-16(7-3-15)19(23)27-13-18(22)21-11-10-14-4-8-17(9-5-14)28(20,24)25/h2-9H,10-13H2,1H3,(H,21,22)(H2,20,24,25). The molecule has 0 fully saturated rings. The first-order chi connectivity index (χ1) is 13.3. The van der Waals surface area contributed by atoms with Gasteiger partial charge in [-0.1, -0.05) is 24.3 Å². The molecule has 150 valence electrons. The summed E-state index contributed by atoms with van der Waals surface area (Å²) in [6, 6.07) is 12.8. The average Bonchev–Trinajstić information content (AvgIpc) is 2.67. The molecule has 28 heavy (non-hydrogen) atoms. The van der Waals surface area contributed by atoms with Gasteiger partial charge in [-0.3, -0.25) is 4.79 Å². The van der Waals surface area contributed by atoms with Gasteiger partial charge in [0.05, 0.1) is 17.1 Å². The van der Waals surface area contributed by atoms with Crippen molar-refractivity contribution >= 4 is 21.9 Å². The fraction of sp³-hybridized carbons (Fsp3) is 0.263. The van der Waals surface area contributed by atoms with Crippen molar-refractivity contribution in [3.8, 4) is 0 Å². The zero-order chi connectivity index (χ0) is 20.6. The number of ether oxygens (including phenoxy) is 2. The first-order valence-corrected chi connectivity index (χ1v) is 9.97. The van der Waals surface area contributed by atoms with Gasteiger partial charge in [0.2, 0.25) is 10.0 Å². The lowest BCUT2D eigenvalue weighted by Gasteiger charge is -2.08. The quantitative estimate of drug-likeness (QED) is 0.599. The molecule has 9 heteroatoms. The summed E-state index contributed by atoms with van der Waals surface area (Å²) in [5.41, 5.74) is 2.11. The summed E-state index contributed by atoms with van der Waals surface area (Å²) in [5.74, 6) is -1.01. The molecule has 0 saturated carbocycles. The lowest BCUT2D eigenvalue weighted by atomic mass is 10.1. The van der Waals surface area contributed by atoms with Crippen LogP contribution in [0, 0.1) is 0 Å². The number of carbonyl (C=O) groups excluding carboxylic acids is 2. The molecule has 0 unspecified atom stereocenters. The molecule has 0 aromatic heterocycles. The smallest absolute Gasteiger partial charge is 0.338 e. The van der Waals surface area contributed by atoms with E-state index in [4.69, 9.17) is 14.6 Å². The van der Waals surface area contributed by atoms with Gasteiger partial charge in [0, 0.05) is 13.7 Å². The molecule has 2 aromatic rings. The molecule has 2 aromatic carbocycles. The van der Waals surface area contributed by atoms with Gasteiger partial charge in [-0.15, -0.1) is 0 Å². The number of hydrogen-bond donors (Lipinski definition) is 2. The fourth-order valence-corrected chi connectivity index (χ4v) is 2.88. The predicted molar refractivity (Wildman–Crippen MR) is 102 cm³/mol. The number of esters is 1. The highest BCUT2D eigenvalue weighted by atomic mass is 32.2. The molecule has 0 aliphatic rings. The highest BCUT2D eigenvalue weighted by Crippen LogP contribution is 2.09. The fourth-order valence-electron chi connectivity index (χ4n) is 2.36. The van der Waals surface area contributed by atoms with Crippen LogP contribution in [0.3, 0.4) is 0 Å². The van der Waals surface area contributed by atoms with Gasteiger partial charge < -0.3 is 14.8 Å². The van der Waals surface area contributed by atoms with Crippen LogP contribution in [0.25, 0.3) is 0 Å². The third kappa shape index (κ3) is 6.76. The highest BCUT2D eigenvalue weighted by Gasteiger charge is 2.10. The van der Waals surface area contributed by atoms with E-state index in [1.54, 1.807) is 43.5 Å². The Balaban J connectivity index is 1.73. The molecule has 0 radical (unpaired) electrons. The van der Waals surface area contributed by atoms with Crippen molar-refractivity contribution in [2.45, 2.75) is 17.9 Å². The lowest BCUT2D eigenvalue weighted by Crippen LogP contribution is -2.30. The molecule has 0 aliphatic heterocycles. The number of rotatable bonds is 9. The molecule has 0 bridgehead atoms. The minimum Gasteiger partial charge on any atom is -0.452 e. The summed E-state index contributed by atoms with van der Waals surface area (Å²) in [6.07, 6.45) is 0.492. The zero-order valence-corrected chi connectivity index (χ0v) is 16.2. The SMILES string of the molecule is COCc1ccc(C(=O)OCC(=O)NCCc2ccc(S(N)(=O)=O)cc2)cc1. The van der Waals surface area contributed by atoms with Crippen molar-refractivity contribution in [3.63, 3.8) is 0 Å². The second-order valence-corrected chi connectivity index (χ2v) is 7.56. The zero-order valence-electron chi connectivity index (χ0n) is 15.4. The molecular weight excluding hydrogens is 384 g/mol. The number of sulfonamides is 1. The minimum atomic E-state index is -3.72. The van der Waals surface area contributed by atoms with Crippen molar-refractivity contribution in [1.82, 2.24) is 5.32 Å². The van der Waals surface area contributed by atoms with E-state index in [1.165, 1.54) is 12.1 Å². The topological polar surface area (TPSA) is 125 Å². The molecule has 0 spiro atoms. The van der Waals surface area contributed by atoms with Crippen LogP contribution in [0.2, 0.25) is 0 Å². The third-order valence-corrected chi connectivity index (χ3v) is 4.75. The second kappa shape index (κ2) is 9.98. The predicted octanol–water partition coefficient (Wildman–Crippen LogP) is 0.996. The van der Waals surface area contributed by atoms with Gasteiger partial charge in [0.15, 0.2) is 6.61 Å². The van der Waals surface area contributed by atoms with Gasteiger partial charge in [0.25, 0.3) is 5.91 Å². The van der Waals surface area contributed by atoms with Crippen molar-refractivity contribution in [3.05, 3.63) is 65.2 Å². The van der Waals surface area contributed by atoms with Gasteiger partial charge in [-0.25, -0.2) is 18.4 Å². The van der Waals surface area contributed by atoms with Crippen LogP contribution >= 0.6 is 0 Å². The summed E-state index contributed by atoms with van der Waals surface area (Å²) < 4.78 is 32.4. The summed E-state index contributed by atoms with van der Waals surface area (Å²) in [7, 11) is -2.14. The van der Waals surface area contributed by atoms with E-state index in [0.717, 1.165) is 11.1 Å². The molecule has 0 saturated heterocycles. The average molecular weight is 406 g/mol. The molecule has 3 N–H and O–H groups in total. The van der Waals surface area contributed by atoms with Gasteiger partial charge in [0.1, 0.15) is 0 Å². The molecule has 8 nitrogen and oxygen atoms in total. The number of nitrogens with two attached hydrogens (primary N) is 1. The number of benzene rings is 2. The number of carbonyl (C=O) groups is 2. The Kier molecular flexibility index (Phi) is 7.68. The van der Waals surface area contributed by atoms with Gasteiger partial charge in [-0.05, 0) is 41.8 Å². The summed E-state index contributed by atoms with van der Waals surface area (Å²) in [4.78, 5) is 23.8. The normalized spacial score (nSPS) is 11.1. The Morgan fingerprint density at radius 2 is 1.61 bits per heavy atom. The summed E-state index contributed by atoms with van der Waals surface area (Å²) in [6.45, 7) is 0.377. The molecule has 0 atom stereocenters. The molecule has 0 aliphatic carbocycles. The highest BCUT2D eigenvalue weighted by molar-refractivity contribution is 7.89. The second-order valence-electron chi connectivity index (χ2n) is 5.99. The first-order valence-electron chi connectivity index (χ1n) is 8.43. The van der Waals surface area contributed by atoms with Crippen LogP contribution in [-0.4, -0.2) is 40.6 Å². The third-order valence-electron chi connectivity index (χ3n) is 3.82. The van der Waals surface area contributed by atoms with Gasteiger partial charge in [-0.2, -0.15) is 0 Å². The lowest BCUT2D eigenvalue weighted by molar-refractivity contribution is -0.124. The van der Waals surface area contributed by atoms with E-state index < -0.39 is 21.9 Å². The van der Waals surface area contributed by atoms with Crippen LogP contribution < -0.4 is 10.5 Å². The van der Waals surface area contributed by atoms with Gasteiger partial charge >= 0.3 is 5.97 Å². The number of methoxy groups -OCH3 is 1. The Labute approximate surface area is 163 Å². The van der Waals surface area contributed by atoms with E-state index in [-0.39, 0.29) is 11.5 Å². The van der Waals surface area contributed by atoms with E-state index in [2.05, 4.69) is 5.32 Å². The maximum absolute atomic E-state index is 11.9. The Morgan fingerprint density at radius 1 is 1.00 bits per heavy atom. The van der Waals surface area contributed by atoms with Crippen LogP contribution in [0.15, 0.2) is 53.4 Å². The first kappa shape index (κ1) is 21.5. The maximum Gasteiger partial charge on any atom is 0.338 e. The van der Waals surface area contributed by atoms with E-state index in [9.17, 15) is 18.0 Å². The summed E-state index contributed by atoms with van der Waals surface area (Å²) in [5, 5.41) is 7.67. The van der Waals surface area contributed by atoms with Crippen LogP contribution in [-0.2, 0) is 37.3 Å².